The molecule has 122 valence electrons. The van der Waals surface area contributed by atoms with Gasteiger partial charge in [0.1, 0.15) is 0 Å². The Morgan fingerprint density at radius 1 is 1.30 bits per heavy atom. The highest BCUT2D eigenvalue weighted by atomic mass is 16.5. The van der Waals surface area contributed by atoms with Gasteiger partial charge in [-0.1, -0.05) is 42.5 Å². The summed E-state index contributed by atoms with van der Waals surface area (Å²) in [6.45, 7) is 1.18. The second kappa shape index (κ2) is 7.11. The van der Waals surface area contributed by atoms with Gasteiger partial charge in [-0.3, -0.25) is 4.79 Å². The third kappa shape index (κ3) is 3.23. The molecule has 1 heterocycles. The molecule has 2 atom stereocenters. The molecule has 2 aromatic carbocycles. The lowest BCUT2D eigenvalue weighted by Crippen LogP contribution is -2.35. The fourth-order valence-corrected chi connectivity index (χ4v) is 3.50. The molecular weight excluding hydrogens is 288 g/mol. The molecule has 23 heavy (non-hydrogen) atoms. The van der Waals surface area contributed by atoms with Crippen molar-refractivity contribution in [1.82, 2.24) is 4.90 Å². The number of carbonyl (C=O) groups is 1. The van der Waals surface area contributed by atoms with Crippen LogP contribution in [-0.2, 0) is 9.53 Å². The van der Waals surface area contributed by atoms with Crippen molar-refractivity contribution in [1.29, 1.82) is 0 Å². The number of likely N-dealkylation sites (tertiary alicyclic amines) is 1. The molecule has 0 unspecified atom stereocenters. The fraction of sp³-hybridized carbons (Fsp3) is 0.421. The number of hydrogen-bond donors (Lipinski definition) is 1. The van der Waals surface area contributed by atoms with Crippen molar-refractivity contribution in [3.05, 3.63) is 48.0 Å². The summed E-state index contributed by atoms with van der Waals surface area (Å²) in [6.07, 6.45) is 2.21. The van der Waals surface area contributed by atoms with Crippen LogP contribution < -0.4 is 5.73 Å². The summed E-state index contributed by atoms with van der Waals surface area (Å²) in [7, 11) is 1.61. The highest BCUT2D eigenvalue weighted by Gasteiger charge is 2.31. The minimum Gasteiger partial charge on any atom is -0.380 e. The first-order valence-electron chi connectivity index (χ1n) is 8.24. The Morgan fingerprint density at radius 3 is 2.87 bits per heavy atom. The van der Waals surface area contributed by atoms with Crippen LogP contribution >= 0.6 is 0 Å². The first kappa shape index (κ1) is 16.0. The van der Waals surface area contributed by atoms with Crippen LogP contribution in [0.4, 0.5) is 0 Å². The predicted molar refractivity (Wildman–Crippen MR) is 92.1 cm³/mol. The molecule has 1 aliphatic heterocycles. The first-order chi connectivity index (χ1) is 11.2. The molecule has 0 spiro atoms. The zero-order valence-electron chi connectivity index (χ0n) is 13.6. The van der Waals surface area contributed by atoms with Gasteiger partial charge in [-0.15, -0.1) is 0 Å². The highest BCUT2D eigenvalue weighted by Crippen LogP contribution is 2.36. The first-order valence-corrected chi connectivity index (χ1v) is 8.24. The molecule has 1 aliphatic rings. The van der Waals surface area contributed by atoms with E-state index in [1.54, 1.807) is 7.11 Å². The number of fused-ring (bicyclic) bond motifs is 1. The van der Waals surface area contributed by atoms with E-state index in [0.29, 0.717) is 13.0 Å². The molecule has 0 saturated carbocycles. The van der Waals surface area contributed by atoms with Gasteiger partial charge in [0, 0.05) is 20.2 Å². The van der Waals surface area contributed by atoms with Crippen LogP contribution in [0.15, 0.2) is 42.5 Å². The lowest BCUT2D eigenvalue weighted by atomic mass is 9.97. The van der Waals surface area contributed by atoms with Crippen LogP contribution in [-0.4, -0.2) is 37.1 Å². The summed E-state index contributed by atoms with van der Waals surface area (Å²) in [5.74, 6) is 0.137. The molecule has 0 aromatic heterocycles. The zero-order chi connectivity index (χ0) is 16.2. The summed E-state index contributed by atoms with van der Waals surface area (Å²) in [5.41, 5.74) is 6.90. The molecule has 1 amide bonds. The Labute approximate surface area is 137 Å². The SMILES string of the molecule is CO[C@@H](CN)CC(=O)N1CCC[C@@H]1c1cccc2ccccc12. The van der Waals surface area contributed by atoms with Crippen molar-refractivity contribution in [2.24, 2.45) is 5.73 Å². The molecule has 0 bridgehead atoms. The minimum absolute atomic E-state index is 0.137. The van der Waals surface area contributed by atoms with Gasteiger partial charge in [0.15, 0.2) is 0 Å². The van der Waals surface area contributed by atoms with Gasteiger partial charge in [0.25, 0.3) is 0 Å². The third-order valence-electron chi connectivity index (χ3n) is 4.75. The van der Waals surface area contributed by atoms with E-state index < -0.39 is 0 Å². The largest absolute Gasteiger partial charge is 0.380 e. The molecule has 2 aromatic rings. The summed E-state index contributed by atoms with van der Waals surface area (Å²) < 4.78 is 5.27. The van der Waals surface area contributed by atoms with Crippen LogP contribution in [0.3, 0.4) is 0 Å². The van der Waals surface area contributed by atoms with Crippen LogP contribution in [0.25, 0.3) is 10.8 Å². The molecule has 4 nitrogen and oxygen atoms in total. The Kier molecular flexibility index (Phi) is 4.94. The molecule has 3 rings (SSSR count). The average Bonchev–Trinajstić information content (AvgIpc) is 3.08. The summed E-state index contributed by atoms with van der Waals surface area (Å²) in [5, 5.41) is 2.46. The van der Waals surface area contributed by atoms with E-state index in [-0.39, 0.29) is 18.1 Å². The summed E-state index contributed by atoms with van der Waals surface area (Å²) in [4.78, 5) is 14.7. The van der Waals surface area contributed by atoms with Crippen molar-refractivity contribution in [2.45, 2.75) is 31.4 Å². The molecule has 0 radical (unpaired) electrons. The quantitative estimate of drug-likeness (QED) is 0.923. The van der Waals surface area contributed by atoms with Gasteiger partial charge in [0.05, 0.1) is 18.6 Å². The number of hydrogen-bond acceptors (Lipinski definition) is 3. The van der Waals surface area contributed by atoms with Gasteiger partial charge in [-0.05, 0) is 29.2 Å². The maximum absolute atomic E-state index is 12.7. The second-order valence-corrected chi connectivity index (χ2v) is 6.11. The summed E-state index contributed by atoms with van der Waals surface area (Å²) in [6, 6.07) is 14.9. The lowest BCUT2D eigenvalue weighted by molar-refractivity contribution is -0.134. The van der Waals surface area contributed by atoms with Crippen molar-refractivity contribution >= 4 is 16.7 Å². The van der Waals surface area contributed by atoms with Crippen LogP contribution in [0.1, 0.15) is 30.9 Å². The van der Waals surface area contributed by atoms with Gasteiger partial charge >= 0.3 is 0 Å². The smallest absolute Gasteiger partial charge is 0.225 e. The van der Waals surface area contributed by atoms with Crippen molar-refractivity contribution in [3.63, 3.8) is 0 Å². The number of benzene rings is 2. The Hall–Kier alpha value is -1.91. The van der Waals surface area contributed by atoms with Gasteiger partial charge in [-0.25, -0.2) is 0 Å². The van der Waals surface area contributed by atoms with Crippen molar-refractivity contribution in [3.8, 4) is 0 Å². The van der Waals surface area contributed by atoms with E-state index in [0.717, 1.165) is 19.4 Å². The van der Waals surface area contributed by atoms with Crippen LogP contribution in [0, 0.1) is 0 Å². The van der Waals surface area contributed by atoms with Crippen LogP contribution in [0.5, 0.6) is 0 Å². The minimum atomic E-state index is -0.198. The maximum atomic E-state index is 12.7. The van der Waals surface area contributed by atoms with Crippen molar-refractivity contribution < 1.29 is 9.53 Å². The number of ether oxygens (including phenoxy) is 1. The zero-order valence-corrected chi connectivity index (χ0v) is 13.6. The maximum Gasteiger partial charge on any atom is 0.225 e. The highest BCUT2D eigenvalue weighted by molar-refractivity contribution is 5.87. The molecule has 0 aliphatic carbocycles. The van der Waals surface area contributed by atoms with E-state index in [1.807, 2.05) is 11.0 Å². The lowest BCUT2D eigenvalue weighted by Gasteiger charge is -2.27. The molecular formula is C19H24N2O2. The predicted octanol–water partition coefficient (Wildman–Crippen LogP) is 2.87. The number of nitrogens with zero attached hydrogens (tertiary/aromatic N) is 1. The fourth-order valence-electron chi connectivity index (χ4n) is 3.50. The average molecular weight is 312 g/mol. The normalized spacial score (nSPS) is 19.2. The second-order valence-electron chi connectivity index (χ2n) is 6.11. The van der Waals surface area contributed by atoms with Gasteiger partial charge in [-0.2, -0.15) is 0 Å². The monoisotopic (exact) mass is 312 g/mol. The van der Waals surface area contributed by atoms with Gasteiger partial charge in [0.2, 0.25) is 5.91 Å². The van der Waals surface area contributed by atoms with Crippen molar-refractivity contribution in [2.75, 3.05) is 20.2 Å². The third-order valence-corrected chi connectivity index (χ3v) is 4.75. The standard InChI is InChI=1S/C19H24N2O2/c1-23-15(13-20)12-19(22)21-11-5-10-18(21)17-9-4-7-14-6-2-3-8-16(14)17/h2-4,6-9,15,18H,5,10-13,20H2,1H3/t15-,18-/m1/s1. The van der Waals surface area contributed by atoms with E-state index in [1.165, 1.54) is 16.3 Å². The number of rotatable bonds is 5. The summed E-state index contributed by atoms with van der Waals surface area (Å²) >= 11 is 0. The van der Waals surface area contributed by atoms with E-state index in [4.69, 9.17) is 10.5 Å². The Morgan fingerprint density at radius 2 is 2.09 bits per heavy atom. The van der Waals surface area contributed by atoms with E-state index >= 15 is 0 Å². The number of carbonyl (C=O) groups excluding carboxylic acids is 1. The molecule has 1 fully saturated rings. The number of nitrogens with two attached hydrogens (primary N) is 1. The van der Waals surface area contributed by atoms with Crippen LogP contribution in [0.2, 0.25) is 0 Å². The Balaban J connectivity index is 1.87. The Bertz CT molecular complexity index is 677. The van der Waals surface area contributed by atoms with E-state index in [2.05, 4.69) is 36.4 Å². The van der Waals surface area contributed by atoms with Gasteiger partial charge < -0.3 is 15.4 Å². The van der Waals surface area contributed by atoms with E-state index in [9.17, 15) is 4.79 Å². The molecule has 4 heteroatoms. The topological polar surface area (TPSA) is 55.6 Å². The molecule has 1 saturated heterocycles. The number of amides is 1. The molecule has 2 N–H and O–H groups in total. The number of methoxy groups -OCH3 is 1.